The molecule has 5 nitrogen and oxygen atoms in total. The third kappa shape index (κ3) is 4.80. The van der Waals surface area contributed by atoms with E-state index >= 15 is 0 Å². The van der Waals surface area contributed by atoms with Crippen molar-refractivity contribution >= 4 is 17.3 Å². The average molecular weight is 367 g/mol. The molecule has 0 aromatic heterocycles. The Morgan fingerprint density at radius 1 is 1.04 bits per heavy atom. The molecule has 27 heavy (non-hydrogen) atoms. The zero-order valence-electron chi connectivity index (χ0n) is 16.7. The van der Waals surface area contributed by atoms with E-state index in [1.54, 1.807) is 6.92 Å². The molecule has 1 amide bonds. The highest BCUT2D eigenvalue weighted by atomic mass is 16.5. The highest BCUT2D eigenvalue weighted by Crippen LogP contribution is 2.23. The van der Waals surface area contributed by atoms with Gasteiger partial charge in [0.25, 0.3) is 5.91 Å². The summed E-state index contributed by atoms with van der Waals surface area (Å²) in [5.41, 5.74) is 4.20. The Morgan fingerprint density at radius 3 is 2.37 bits per heavy atom. The molecule has 1 aliphatic heterocycles. The van der Waals surface area contributed by atoms with E-state index in [0.29, 0.717) is 0 Å². The van der Waals surface area contributed by atoms with Crippen LogP contribution in [0.4, 0.5) is 11.4 Å². The van der Waals surface area contributed by atoms with Crippen LogP contribution in [-0.2, 0) is 4.79 Å². The van der Waals surface area contributed by atoms with Gasteiger partial charge in [0.05, 0.1) is 0 Å². The number of likely N-dealkylation sites (N-methyl/N-ethyl adjacent to an activating group) is 1. The topological polar surface area (TPSA) is 44.8 Å². The van der Waals surface area contributed by atoms with Crippen molar-refractivity contribution in [2.45, 2.75) is 26.9 Å². The summed E-state index contributed by atoms with van der Waals surface area (Å²) in [6.45, 7) is 10.0. The Labute approximate surface area is 161 Å². The van der Waals surface area contributed by atoms with Crippen LogP contribution in [0.15, 0.2) is 42.5 Å². The second-order valence-corrected chi connectivity index (χ2v) is 7.28. The van der Waals surface area contributed by atoms with Crippen molar-refractivity contribution in [3.8, 4) is 5.75 Å². The number of anilines is 2. The third-order valence-electron chi connectivity index (χ3n) is 5.23. The van der Waals surface area contributed by atoms with Crippen LogP contribution in [0.2, 0.25) is 0 Å². The Kier molecular flexibility index (Phi) is 6.01. The molecule has 5 heteroatoms. The molecule has 1 fully saturated rings. The molecule has 0 bridgehead atoms. The van der Waals surface area contributed by atoms with Crippen LogP contribution in [-0.4, -0.2) is 50.1 Å². The standard InChI is InChI=1S/C22H29N3O2/c1-16-6-5-7-21(17(16)2)27-18(3)22(26)23-19-8-10-20(11-9-19)25-14-12-24(4)13-15-25/h5-11,18H,12-15H2,1-4H3,(H,23,26)/t18-/m1/s1. The Morgan fingerprint density at radius 2 is 1.70 bits per heavy atom. The van der Waals surface area contributed by atoms with E-state index in [1.165, 1.54) is 5.69 Å². The lowest BCUT2D eigenvalue weighted by atomic mass is 10.1. The van der Waals surface area contributed by atoms with Crippen LogP contribution in [0.25, 0.3) is 0 Å². The minimum atomic E-state index is -0.567. The SMILES string of the molecule is Cc1cccc(O[C@H](C)C(=O)Nc2ccc(N3CCN(C)CC3)cc2)c1C. The molecule has 2 aromatic carbocycles. The number of piperazine rings is 1. The lowest BCUT2D eigenvalue weighted by molar-refractivity contribution is -0.122. The number of benzene rings is 2. The molecule has 3 rings (SSSR count). The maximum Gasteiger partial charge on any atom is 0.265 e. The number of hydrogen-bond acceptors (Lipinski definition) is 4. The molecule has 1 atom stereocenters. The first-order valence-electron chi connectivity index (χ1n) is 9.51. The summed E-state index contributed by atoms with van der Waals surface area (Å²) in [4.78, 5) is 17.2. The Balaban J connectivity index is 1.58. The third-order valence-corrected chi connectivity index (χ3v) is 5.23. The van der Waals surface area contributed by atoms with Crippen LogP contribution in [0, 0.1) is 13.8 Å². The van der Waals surface area contributed by atoms with Gasteiger partial charge in [-0.25, -0.2) is 0 Å². The molecule has 0 unspecified atom stereocenters. The molecule has 0 aliphatic carbocycles. The number of ether oxygens (including phenoxy) is 1. The quantitative estimate of drug-likeness (QED) is 0.879. The maximum absolute atomic E-state index is 12.5. The fraction of sp³-hybridized carbons (Fsp3) is 0.409. The van der Waals surface area contributed by atoms with Gasteiger partial charge >= 0.3 is 0 Å². The number of carbonyl (C=O) groups excluding carboxylic acids is 1. The monoisotopic (exact) mass is 367 g/mol. The first-order chi connectivity index (χ1) is 12.9. The van der Waals surface area contributed by atoms with E-state index in [1.807, 2.05) is 44.2 Å². The van der Waals surface area contributed by atoms with Crippen molar-refractivity contribution in [2.75, 3.05) is 43.4 Å². The molecule has 0 spiro atoms. The van der Waals surface area contributed by atoms with E-state index in [-0.39, 0.29) is 5.91 Å². The van der Waals surface area contributed by atoms with Gasteiger partial charge in [-0.05, 0) is 69.3 Å². The van der Waals surface area contributed by atoms with Crippen molar-refractivity contribution in [3.63, 3.8) is 0 Å². The maximum atomic E-state index is 12.5. The van der Waals surface area contributed by atoms with Crippen LogP contribution in [0.5, 0.6) is 5.75 Å². The van der Waals surface area contributed by atoms with Crippen molar-refractivity contribution in [3.05, 3.63) is 53.6 Å². The van der Waals surface area contributed by atoms with Gasteiger partial charge in [-0.15, -0.1) is 0 Å². The fourth-order valence-corrected chi connectivity index (χ4v) is 3.16. The Hall–Kier alpha value is -2.53. The van der Waals surface area contributed by atoms with Crippen LogP contribution < -0.4 is 15.0 Å². The number of hydrogen-bond donors (Lipinski definition) is 1. The second-order valence-electron chi connectivity index (χ2n) is 7.28. The van der Waals surface area contributed by atoms with Gasteiger partial charge in [0.2, 0.25) is 0 Å². The van der Waals surface area contributed by atoms with E-state index < -0.39 is 6.10 Å². The molecule has 1 heterocycles. The minimum absolute atomic E-state index is 0.150. The summed E-state index contributed by atoms with van der Waals surface area (Å²) in [5, 5.41) is 2.94. The number of carbonyl (C=O) groups is 1. The van der Waals surface area contributed by atoms with Crippen molar-refractivity contribution in [1.29, 1.82) is 0 Å². The van der Waals surface area contributed by atoms with Crippen LogP contribution in [0.3, 0.4) is 0 Å². The lowest BCUT2D eigenvalue weighted by Crippen LogP contribution is -2.44. The van der Waals surface area contributed by atoms with Gasteiger partial charge < -0.3 is 19.9 Å². The normalized spacial score (nSPS) is 16.1. The fourth-order valence-electron chi connectivity index (χ4n) is 3.16. The summed E-state index contributed by atoms with van der Waals surface area (Å²) in [5.74, 6) is 0.603. The summed E-state index contributed by atoms with van der Waals surface area (Å²) in [6, 6.07) is 13.9. The van der Waals surface area contributed by atoms with Gasteiger partial charge in [-0.2, -0.15) is 0 Å². The van der Waals surface area contributed by atoms with E-state index in [9.17, 15) is 4.79 Å². The van der Waals surface area contributed by atoms with Crippen LogP contribution in [0.1, 0.15) is 18.1 Å². The van der Waals surface area contributed by atoms with E-state index in [0.717, 1.165) is 48.7 Å². The van der Waals surface area contributed by atoms with Crippen molar-refractivity contribution in [2.24, 2.45) is 0 Å². The van der Waals surface area contributed by atoms with Gasteiger partial charge in [-0.1, -0.05) is 12.1 Å². The van der Waals surface area contributed by atoms with E-state index in [2.05, 4.69) is 34.3 Å². The molecule has 0 saturated carbocycles. The Bertz CT molecular complexity index is 781. The molecule has 1 aliphatic rings. The van der Waals surface area contributed by atoms with Crippen molar-refractivity contribution < 1.29 is 9.53 Å². The number of nitrogens with zero attached hydrogens (tertiary/aromatic N) is 2. The van der Waals surface area contributed by atoms with Crippen LogP contribution >= 0.6 is 0 Å². The summed E-state index contributed by atoms with van der Waals surface area (Å²) < 4.78 is 5.86. The largest absolute Gasteiger partial charge is 0.481 e. The summed E-state index contributed by atoms with van der Waals surface area (Å²) >= 11 is 0. The second kappa shape index (κ2) is 8.44. The molecular formula is C22H29N3O2. The predicted octanol–water partition coefficient (Wildman–Crippen LogP) is 3.46. The van der Waals surface area contributed by atoms with Gasteiger partial charge in [-0.3, -0.25) is 4.79 Å². The minimum Gasteiger partial charge on any atom is -0.481 e. The van der Waals surface area contributed by atoms with Gasteiger partial charge in [0, 0.05) is 37.6 Å². The predicted molar refractivity (Wildman–Crippen MR) is 111 cm³/mol. The summed E-state index contributed by atoms with van der Waals surface area (Å²) in [6.07, 6.45) is -0.567. The molecule has 1 saturated heterocycles. The average Bonchev–Trinajstić information content (AvgIpc) is 2.66. The van der Waals surface area contributed by atoms with Gasteiger partial charge in [0.1, 0.15) is 5.75 Å². The number of nitrogens with one attached hydrogen (secondary N) is 1. The zero-order valence-corrected chi connectivity index (χ0v) is 16.7. The number of rotatable bonds is 5. The molecule has 2 aromatic rings. The first-order valence-corrected chi connectivity index (χ1v) is 9.51. The smallest absolute Gasteiger partial charge is 0.265 e. The highest BCUT2D eigenvalue weighted by Gasteiger charge is 2.17. The molecule has 0 radical (unpaired) electrons. The molecular weight excluding hydrogens is 338 g/mol. The van der Waals surface area contributed by atoms with Crippen molar-refractivity contribution in [1.82, 2.24) is 4.90 Å². The highest BCUT2D eigenvalue weighted by molar-refractivity contribution is 5.94. The summed E-state index contributed by atoms with van der Waals surface area (Å²) in [7, 11) is 2.15. The molecule has 144 valence electrons. The number of aryl methyl sites for hydroxylation is 1. The number of amides is 1. The van der Waals surface area contributed by atoms with Gasteiger partial charge in [0.15, 0.2) is 6.10 Å². The molecule has 1 N–H and O–H groups in total. The lowest BCUT2D eigenvalue weighted by Gasteiger charge is -2.34. The zero-order chi connectivity index (χ0) is 19.4. The van der Waals surface area contributed by atoms with E-state index in [4.69, 9.17) is 4.74 Å². The first kappa shape index (κ1) is 19.2.